The Kier molecular flexibility index (Phi) is 2.49. The minimum atomic E-state index is -0.416. The van der Waals surface area contributed by atoms with Gasteiger partial charge in [-0.05, 0) is 24.6 Å². The molecule has 2 heterocycles. The van der Waals surface area contributed by atoms with Crippen LogP contribution in [0.15, 0.2) is 42.7 Å². The summed E-state index contributed by atoms with van der Waals surface area (Å²) in [5.41, 5.74) is 1.83. The predicted molar refractivity (Wildman–Crippen MR) is 70.3 cm³/mol. The molecular weight excluding hydrogens is 244 g/mol. The molecule has 94 valence electrons. The van der Waals surface area contributed by atoms with Crippen LogP contribution >= 0.6 is 0 Å². The topological polar surface area (TPSA) is 73.8 Å². The zero-order valence-electron chi connectivity index (χ0n) is 10.1. The number of nitrogens with zero attached hydrogens (tertiary/aromatic N) is 4. The summed E-state index contributed by atoms with van der Waals surface area (Å²) in [6, 6.07) is 8.39. The first kappa shape index (κ1) is 11.3. The SMILES string of the molecule is Cc1ccc(-n2cc3cc([N+](=O)[O-])ccc3n2)nc1. The van der Waals surface area contributed by atoms with Gasteiger partial charge >= 0.3 is 0 Å². The molecule has 2 aromatic heterocycles. The number of hydrogen-bond donors (Lipinski definition) is 0. The largest absolute Gasteiger partial charge is 0.270 e. The number of non-ortho nitro benzene ring substituents is 1. The Hall–Kier alpha value is -2.76. The van der Waals surface area contributed by atoms with Crippen molar-refractivity contribution in [2.24, 2.45) is 0 Å². The van der Waals surface area contributed by atoms with Gasteiger partial charge in [0.05, 0.1) is 10.4 Å². The number of nitro benzene ring substituents is 1. The molecule has 6 nitrogen and oxygen atoms in total. The normalized spacial score (nSPS) is 10.8. The molecule has 19 heavy (non-hydrogen) atoms. The zero-order chi connectivity index (χ0) is 13.4. The van der Waals surface area contributed by atoms with Crippen molar-refractivity contribution < 1.29 is 4.92 Å². The molecule has 0 atom stereocenters. The molecule has 0 amide bonds. The molecule has 0 N–H and O–H groups in total. The van der Waals surface area contributed by atoms with Gasteiger partial charge in [0.25, 0.3) is 5.69 Å². The van der Waals surface area contributed by atoms with E-state index in [4.69, 9.17) is 0 Å². The number of aromatic nitrogens is 3. The van der Waals surface area contributed by atoms with E-state index in [1.165, 1.54) is 12.1 Å². The van der Waals surface area contributed by atoms with Gasteiger partial charge in [-0.2, -0.15) is 5.10 Å². The average molecular weight is 254 g/mol. The third kappa shape index (κ3) is 2.03. The van der Waals surface area contributed by atoms with E-state index in [0.29, 0.717) is 11.3 Å². The molecule has 0 spiro atoms. The van der Waals surface area contributed by atoms with Crippen LogP contribution in [0.2, 0.25) is 0 Å². The third-order valence-corrected chi connectivity index (χ3v) is 2.83. The van der Waals surface area contributed by atoms with Crippen LogP contribution in [0.1, 0.15) is 5.56 Å². The molecule has 0 aliphatic carbocycles. The number of fused-ring (bicyclic) bond motifs is 1. The van der Waals surface area contributed by atoms with Crippen molar-refractivity contribution in [3.63, 3.8) is 0 Å². The summed E-state index contributed by atoms with van der Waals surface area (Å²) in [4.78, 5) is 14.6. The summed E-state index contributed by atoms with van der Waals surface area (Å²) < 4.78 is 1.62. The van der Waals surface area contributed by atoms with Gasteiger partial charge in [-0.3, -0.25) is 10.1 Å². The van der Waals surface area contributed by atoms with Gasteiger partial charge in [-0.25, -0.2) is 9.67 Å². The number of aryl methyl sites for hydroxylation is 1. The maximum atomic E-state index is 10.7. The van der Waals surface area contributed by atoms with Crippen molar-refractivity contribution in [3.8, 4) is 5.82 Å². The molecule has 0 saturated carbocycles. The van der Waals surface area contributed by atoms with Gasteiger partial charge in [-0.15, -0.1) is 0 Å². The highest BCUT2D eigenvalue weighted by Crippen LogP contribution is 2.20. The lowest BCUT2D eigenvalue weighted by Crippen LogP contribution is -1.97. The van der Waals surface area contributed by atoms with Gasteiger partial charge in [-0.1, -0.05) is 6.07 Å². The lowest BCUT2D eigenvalue weighted by atomic mass is 10.2. The maximum Gasteiger partial charge on any atom is 0.270 e. The molecule has 0 unspecified atom stereocenters. The van der Waals surface area contributed by atoms with Crippen molar-refractivity contribution in [2.45, 2.75) is 6.92 Å². The predicted octanol–water partition coefficient (Wildman–Crippen LogP) is 2.64. The van der Waals surface area contributed by atoms with Crippen LogP contribution in [0.5, 0.6) is 0 Å². The molecule has 3 aromatic rings. The van der Waals surface area contributed by atoms with E-state index in [1.807, 2.05) is 19.1 Å². The number of hydrogen-bond acceptors (Lipinski definition) is 4. The van der Waals surface area contributed by atoms with Gasteiger partial charge in [0.2, 0.25) is 0 Å². The van der Waals surface area contributed by atoms with Crippen LogP contribution in [0.25, 0.3) is 16.7 Å². The molecule has 0 aliphatic heterocycles. The highest BCUT2D eigenvalue weighted by molar-refractivity contribution is 5.80. The molecule has 0 fully saturated rings. The average Bonchev–Trinajstić information content (AvgIpc) is 2.82. The van der Waals surface area contributed by atoms with E-state index in [9.17, 15) is 10.1 Å². The van der Waals surface area contributed by atoms with Crippen LogP contribution in [0, 0.1) is 17.0 Å². The molecule has 3 rings (SSSR count). The summed E-state index contributed by atoms with van der Waals surface area (Å²) >= 11 is 0. The number of rotatable bonds is 2. The lowest BCUT2D eigenvalue weighted by molar-refractivity contribution is -0.384. The van der Waals surface area contributed by atoms with E-state index >= 15 is 0 Å². The molecule has 0 aliphatic rings. The van der Waals surface area contributed by atoms with Gasteiger partial charge in [0.1, 0.15) is 0 Å². The summed E-state index contributed by atoms with van der Waals surface area (Å²) in [5.74, 6) is 0.685. The van der Waals surface area contributed by atoms with Gasteiger partial charge in [0, 0.05) is 29.9 Å². The van der Waals surface area contributed by atoms with E-state index in [-0.39, 0.29) is 5.69 Å². The Morgan fingerprint density at radius 1 is 1.26 bits per heavy atom. The summed E-state index contributed by atoms with van der Waals surface area (Å²) in [6.07, 6.45) is 3.49. The Balaban J connectivity index is 2.11. The molecule has 0 bridgehead atoms. The first-order chi connectivity index (χ1) is 9.13. The minimum absolute atomic E-state index is 0.0592. The van der Waals surface area contributed by atoms with Crippen LogP contribution < -0.4 is 0 Å². The Morgan fingerprint density at radius 3 is 2.79 bits per heavy atom. The lowest BCUT2D eigenvalue weighted by Gasteiger charge is -1.99. The van der Waals surface area contributed by atoms with Crippen LogP contribution in [0.4, 0.5) is 5.69 Å². The summed E-state index contributed by atoms with van der Waals surface area (Å²) in [7, 11) is 0. The van der Waals surface area contributed by atoms with Crippen molar-refractivity contribution in [3.05, 3.63) is 58.4 Å². The molecular formula is C13H10N4O2. The highest BCUT2D eigenvalue weighted by Gasteiger charge is 2.09. The van der Waals surface area contributed by atoms with Crippen molar-refractivity contribution in [2.75, 3.05) is 0 Å². The summed E-state index contributed by atoms with van der Waals surface area (Å²) in [6.45, 7) is 1.96. The maximum absolute atomic E-state index is 10.7. The van der Waals surface area contributed by atoms with Gasteiger partial charge in [0.15, 0.2) is 5.82 Å². The summed E-state index contributed by atoms with van der Waals surface area (Å²) in [5, 5.41) is 15.8. The monoisotopic (exact) mass is 254 g/mol. The Labute approximate surface area is 108 Å². The fourth-order valence-corrected chi connectivity index (χ4v) is 1.84. The minimum Gasteiger partial charge on any atom is -0.258 e. The standard InChI is InChI=1S/C13H10N4O2/c1-9-2-5-13(14-7-9)16-8-10-6-11(17(18)19)3-4-12(10)15-16/h2-8H,1H3. The Morgan fingerprint density at radius 2 is 2.11 bits per heavy atom. The number of benzene rings is 1. The van der Waals surface area contributed by atoms with Crippen molar-refractivity contribution in [1.29, 1.82) is 0 Å². The molecule has 1 aromatic carbocycles. The van der Waals surface area contributed by atoms with E-state index in [1.54, 1.807) is 23.1 Å². The van der Waals surface area contributed by atoms with Crippen molar-refractivity contribution in [1.82, 2.24) is 14.8 Å². The Bertz CT molecular complexity index is 762. The fourth-order valence-electron chi connectivity index (χ4n) is 1.84. The number of nitro groups is 1. The molecule has 6 heteroatoms. The van der Waals surface area contributed by atoms with Crippen LogP contribution in [0.3, 0.4) is 0 Å². The van der Waals surface area contributed by atoms with E-state index in [2.05, 4.69) is 10.1 Å². The van der Waals surface area contributed by atoms with Gasteiger partial charge < -0.3 is 0 Å². The molecule has 0 saturated heterocycles. The van der Waals surface area contributed by atoms with Crippen LogP contribution in [-0.4, -0.2) is 19.7 Å². The van der Waals surface area contributed by atoms with Crippen molar-refractivity contribution >= 4 is 16.6 Å². The number of pyridine rings is 1. The zero-order valence-corrected chi connectivity index (χ0v) is 10.1. The fraction of sp³-hybridized carbons (Fsp3) is 0.0769. The smallest absolute Gasteiger partial charge is 0.258 e. The quantitative estimate of drug-likeness (QED) is 0.520. The van der Waals surface area contributed by atoms with E-state index in [0.717, 1.165) is 10.9 Å². The second-order valence-corrected chi connectivity index (χ2v) is 4.27. The van der Waals surface area contributed by atoms with E-state index < -0.39 is 4.92 Å². The molecule has 0 radical (unpaired) electrons. The second-order valence-electron chi connectivity index (χ2n) is 4.27. The first-order valence-electron chi connectivity index (χ1n) is 5.70. The third-order valence-electron chi connectivity index (χ3n) is 2.83. The second kappa shape index (κ2) is 4.16. The first-order valence-corrected chi connectivity index (χ1v) is 5.70. The van der Waals surface area contributed by atoms with Crippen LogP contribution in [-0.2, 0) is 0 Å². The highest BCUT2D eigenvalue weighted by atomic mass is 16.6.